The van der Waals surface area contributed by atoms with E-state index in [2.05, 4.69) is 121 Å². The lowest BCUT2D eigenvalue weighted by Crippen LogP contribution is -2.66. The third-order valence-corrected chi connectivity index (χ3v) is 21.1. The van der Waals surface area contributed by atoms with Crippen molar-refractivity contribution in [1.29, 1.82) is 0 Å². The molecule has 4 rings (SSSR count). The smallest absolute Gasteiger partial charge is 0.261 e. The fourth-order valence-electron chi connectivity index (χ4n) is 6.17. The number of benzene rings is 3. The molecule has 1 aliphatic rings. The minimum Gasteiger partial charge on any atom is -0.547 e. The Morgan fingerprint density at radius 2 is 1.34 bits per heavy atom. The SMILES string of the molecule is Cc1ccc(S(=O)(=O)CCCC2CC(O[Si](C)(C)C(C)(C)C)=CC(CCO[Si](c3ccccc3)(c3ccccc3)C(C)(C)C)O2)cc1. The van der Waals surface area contributed by atoms with Crippen LogP contribution in [-0.2, 0) is 23.4 Å². The maximum Gasteiger partial charge on any atom is 0.261 e. The highest BCUT2D eigenvalue weighted by molar-refractivity contribution is 7.91. The second-order valence-corrected chi connectivity index (χ2v) is 26.7. The maximum absolute atomic E-state index is 13.1. The van der Waals surface area contributed by atoms with Crippen molar-refractivity contribution in [1.82, 2.24) is 0 Å². The zero-order valence-electron chi connectivity index (χ0n) is 30.0. The summed E-state index contributed by atoms with van der Waals surface area (Å²) in [5.74, 6) is 1.07. The van der Waals surface area contributed by atoms with Crippen LogP contribution in [0.25, 0.3) is 0 Å². The van der Waals surface area contributed by atoms with Crippen LogP contribution in [0.3, 0.4) is 0 Å². The molecule has 5 nitrogen and oxygen atoms in total. The molecule has 47 heavy (non-hydrogen) atoms. The lowest BCUT2D eigenvalue weighted by atomic mass is 10.0. The molecule has 1 heterocycles. The van der Waals surface area contributed by atoms with E-state index in [1.54, 1.807) is 12.1 Å². The average molecular weight is 693 g/mol. The van der Waals surface area contributed by atoms with Gasteiger partial charge in [-0.3, -0.25) is 0 Å². The van der Waals surface area contributed by atoms with Gasteiger partial charge in [0.1, 0.15) is 0 Å². The van der Waals surface area contributed by atoms with Crippen LogP contribution in [0.15, 0.2) is 102 Å². The minimum atomic E-state index is -3.36. The molecular formula is C39H56O5SSi2. The topological polar surface area (TPSA) is 61.8 Å². The van der Waals surface area contributed by atoms with E-state index in [1.165, 1.54) is 10.4 Å². The lowest BCUT2D eigenvalue weighted by Gasteiger charge is -2.43. The van der Waals surface area contributed by atoms with Crippen molar-refractivity contribution in [2.24, 2.45) is 0 Å². The summed E-state index contributed by atoms with van der Waals surface area (Å²) in [6.45, 7) is 20.7. The largest absolute Gasteiger partial charge is 0.547 e. The Labute approximate surface area is 286 Å². The first kappa shape index (κ1) is 37.3. The molecule has 2 atom stereocenters. The van der Waals surface area contributed by atoms with Crippen LogP contribution in [0.5, 0.6) is 0 Å². The maximum atomic E-state index is 13.1. The summed E-state index contributed by atoms with van der Waals surface area (Å²) < 4.78 is 46.9. The van der Waals surface area contributed by atoms with Gasteiger partial charge in [0.05, 0.1) is 28.6 Å². The fraction of sp³-hybridized carbons (Fsp3) is 0.487. The second-order valence-electron chi connectivity index (χ2n) is 15.6. The second kappa shape index (κ2) is 15.0. The summed E-state index contributed by atoms with van der Waals surface area (Å²) in [4.78, 5) is 0.382. The number of hydrogen-bond acceptors (Lipinski definition) is 5. The molecule has 8 heteroatoms. The van der Waals surface area contributed by atoms with Crippen molar-refractivity contribution in [2.45, 2.75) is 114 Å². The van der Waals surface area contributed by atoms with Crippen molar-refractivity contribution >= 4 is 36.8 Å². The predicted molar refractivity (Wildman–Crippen MR) is 200 cm³/mol. The Kier molecular flexibility index (Phi) is 11.9. The van der Waals surface area contributed by atoms with Gasteiger partial charge in [0.2, 0.25) is 8.32 Å². The van der Waals surface area contributed by atoms with E-state index in [0.29, 0.717) is 37.2 Å². The van der Waals surface area contributed by atoms with Crippen LogP contribution < -0.4 is 10.4 Å². The molecule has 2 unspecified atom stereocenters. The van der Waals surface area contributed by atoms with E-state index in [9.17, 15) is 8.42 Å². The third-order valence-electron chi connectivity index (χ3n) is 9.82. The van der Waals surface area contributed by atoms with Gasteiger partial charge in [0, 0.05) is 13.0 Å². The lowest BCUT2D eigenvalue weighted by molar-refractivity contribution is -0.0192. The van der Waals surface area contributed by atoms with E-state index in [4.69, 9.17) is 13.6 Å². The van der Waals surface area contributed by atoms with Crippen molar-refractivity contribution in [3.05, 3.63) is 102 Å². The molecule has 1 aliphatic heterocycles. The van der Waals surface area contributed by atoms with Gasteiger partial charge in [-0.05, 0) is 77.9 Å². The van der Waals surface area contributed by atoms with Crippen molar-refractivity contribution in [3.8, 4) is 0 Å². The van der Waals surface area contributed by atoms with E-state index < -0.39 is 26.5 Å². The van der Waals surface area contributed by atoms with E-state index in [1.807, 2.05) is 19.1 Å². The van der Waals surface area contributed by atoms with Crippen LogP contribution >= 0.6 is 0 Å². The summed E-state index contributed by atoms with van der Waals surface area (Å²) in [6, 6.07) is 28.5. The molecule has 0 saturated heterocycles. The highest BCUT2D eigenvalue weighted by atomic mass is 32.2. The number of rotatable bonds is 13. The minimum absolute atomic E-state index is 0.0612. The Morgan fingerprint density at radius 3 is 1.85 bits per heavy atom. The van der Waals surface area contributed by atoms with E-state index in [-0.39, 0.29) is 28.0 Å². The number of sulfone groups is 1. The molecule has 0 spiro atoms. The van der Waals surface area contributed by atoms with Gasteiger partial charge in [-0.1, -0.05) is 120 Å². The Morgan fingerprint density at radius 1 is 0.787 bits per heavy atom. The first-order chi connectivity index (χ1) is 21.9. The van der Waals surface area contributed by atoms with Crippen LogP contribution in [0.1, 0.15) is 72.8 Å². The van der Waals surface area contributed by atoms with E-state index >= 15 is 0 Å². The zero-order chi connectivity index (χ0) is 34.5. The van der Waals surface area contributed by atoms with Gasteiger partial charge in [-0.2, -0.15) is 0 Å². The van der Waals surface area contributed by atoms with Crippen LogP contribution in [-0.4, -0.2) is 49.6 Å². The van der Waals surface area contributed by atoms with Gasteiger partial charge < -0.3 is 13.6 Å². The number of ether oxygens (including phenoxy) is 1. The third kappa shape index (κ3) is 9.15. The summed E-state index contributed by atoms with van der Waals surface area (Å²) >= 11 is 0. The molecule has 256 valence electrons. The van der Waals surface area contributed by atoms with Crippen LogP contribution in [0, 0.1) is 6.92 Å². The van der Waals surface area contributed by atoms with Gasteiger partial charge >= 0.3 is 0 Å². The molecule has 3 aromatic carbocycles. The standard InChI is InChI=1S/C39H56O5SSi2/c1-31-22-24-35(25-23-31)45(40,41)28-16-17-32-29-34(44-46(8,9)38(2,3)4)30-33(43-32)26-27-42-47(39(5,6)7,36-18-12-10-13-19-36)37-20-14-11-15-21-37/h10-15,18-25,30,32-33H,16-17,26-29H2,1-9H3. The molecule has 0 aromatic heterocycles. The Balaban J connectivity index is 1.54. The highest BCUT2D eigenvalue weighted by Gasteiger charge is 2.50. The summed E-state index contributed by atoms with van der Waals surface area (Å²) in [6.07, 6.45) is 4.38. The molecule has 0 fully saturated rings. The number of hydrogen-bond donors (Lipinski definition) is 0. The monoisotopic (exact) mass is 692 g/mol. The summed E-state index contributed by atoms with van der Waals surface area (Å²) in [5, 5.41) is 2.47. The van der Waals surface area contributed by atoms with Gasteiger partial charge in [-0.25, -0.2) is 8.42 Å². The quantitative estimate of drug-likeness (QED) is 0.168. The van der Waals surface area contributed by atoms with Gasteiger partial charge in [-0.15, -0.1) is 0 Å². The predicted octanol–water partition coefficient (Wildman–Crippen LogP) is 8.58. The first-order valence-corrected chi connectivity index (χ1v) is 23.5. The summed E-state index contributed by atoms with van der Waals surface area (Å²) in [5.41, 5.74) is 1.05. The molecule has 0 radical (unpaired) electrons. The summed E-state index contributed by atoms with van der Waals surface area (Å²) in [7, 11) is -8.12. The first-order valence-electron chi connectivity index (χ1n) is 17.0. The Hall–Kier alpha value is -2.50. The zero-order valence-corrected chi connectivity index (χ0v) is 32.8. The fourth-order valence-corrected chi connectivity index (χ4v) is 13.2. The molecule has 0 bridgehead atoms. The van der Waals surface area contributed by atoms with Crippen LogP contribution in [0.2, 0.25) is 23.2 Å². The van der Waals surface area contributed by atoms with Gasteiger partial charge in [0.25, 0.3) is 8.32 Å². The molecule has 0 saturated carbocycles. The van der Waals surface area contributed by atoms with Gasteiger partial charge in [0.15, 0.2) is 9.84 Å². The van der Waals surface area contributed by atoms with Crippen molar-refractivity contribution in [2.75, 3.05) is 12.4 Å². The highest BCUT2D eigenvalue weighted by Crippen LogP contribution is 2.40. The average Bonchev–Trinajstić information content (AvgIpc) is 2.99. The molecular weight excluding hydrogens is 637 g/mol. The molecule has 0 aliphatic carbocycles. The number of aryl methyl sites for hydroxylation is 1. The van der Waals surface area contributed by atoms with Crippen molar-refractivity contribution < 1.29 is 22.0 Å². The molecule has 3 aromatic rings. The van der Waals surface area contributed by atoms with E-state index in [0.717, 1.165) is 11.3 Å². The van der Waals surface area contributed by atoms with Crippen LogP contribution in [0.4, 0.5) is 0 Å². The molecule has 0 N–H and O–H groups in total. The van der Waals surface area contributed by atoms with Crippen molar-refractivity contribution in [3.63, 3.8) is 0 Å². The normalized spacial score (nSPS) is 18.1. The molecule has 0 amide bonds. The Bertz CT molecular complexity index is 1530.